The highest BCUT2D eigenvalue weighted by molar-refractivity contribution is 5.82. The molecule has 0 spiro atoms. The zero-order chi connectivity index (χ0) is 11.8. The van der Waals surface area contributed by atoms with E-state index in [2.05, 4.69) is 4.98 Å². The van der Waals surface area contributed by atoms with Crippen molar-refractivity contribution >= 4 is 5.97 Å². The van der Waals surface area contributed by atoms with Gasteiger partial charge in [0.25, 0.3) is 0 Å². The molecule has 1 saturated carbocycles. The summed E-state index contributed by atoms with van der Waals surface area (Å²) in [5, 5.41) is 9.28. The molecule has 5 heteroatoms. The fraction of sp³-hybridized carbons (Fsp3) is 0.455. The molecule has 1 heterocycles. The van der Waals surface area contributed by atoms with Gasteiger partial charge in [0.05, 0.1) is 12.8 Å². The third-order valence-corrected chi connectivity index (χ3v) is 3.09. The number of hydrogen-bond donors (Lipinski definition) is 2. The number of carboxylic acids is 1. The lowest BCUT2D eigenvalue weighted by molar-refractivity contribution is -0.148. The Morgan fingerprint density at radius 1 is 1.69 bits per heavy atom. The Bertz CT molecular complexity index is 413. The minimum Gasteiger partial charge on any atom is -0.497 e. The van der Waals surface area contributed by atoms with Crippen molar-refractivity contribution in [3.8, 4) is 5.75 Å². The van der Waals surface area contributed by atoms with Crippen molar-refractivity contribution in [3.05, 3.63) is 24.0 Å². The van der Waals surface area contributed by atoms with Crippen LogP contribution >= 0.6 is 0 Å². The summed E-state index contributed by atoms with van der Waals surface area (Å²) < 4.78 is 5.06. The number of nitrogens with zero attached hydrogens (tertiary/aromatic N) is 1. The summed E-state index contributed by atoms with van der Waals surface area (Å²) in [5.74, 6) is -0.249. The van der Waals surface area contributed by atoms with E-state index in [1.165, 1.54) is 0 Å². The van der Waals surface area contributed by atoms with Crippen LogP contribution in [-0.4, -0.2) is 29.2 Å². The normalized spacial score (nSPS) is 28.2. The molecule has 1 aliphatic rings. The minimum absolute atomic E-state index is 0.0518. The van der Waals surface area contributed by atoms with Crippen molar-refractivity contribution in [1.82, 2.24) is 4.98 Å². The van der Waals surface area contributed by atoms with Crippen molar-refractivity contribution in [1.29, 1.82) is 0 Å². The Morgan fingerprint density at radius 2 is 2.38 bits per heavy atom. The van der Waals surface area contributed by atoms with Crippen LogP contribution in [0.3, 0.4) is 0 Å². The second-order valence-corrected chi connectivity index (χ2v) is 4.14. The summed E-state index contributed by atoms with van der Waals surface area (Å²) in [6, 6.07) is 3.31. The molecule has 2 rings (SSSR count). The molecule has 0 atom stereocenters. The lowest BCUT2D eigenvalue weighted by atomic mass is 9.63. The molecule has 0 aliphatic heterocycles. The van der Waals surface area contributed by atoms with Crippen LogP contribution in [0.5, 0.6) is 5.75 Å². The molecule has 3 N–H and O–H groups in total. The molecule has 0 aromatic carbocycles. The lowest BCUT2D eigenvalue weighted by Gasteiger charge is -2.41. The smallest absolute Gasteiger partial charge is 0.315 e. The average Bonchev–Trinajstić information content (AvgIpc) is 2.24. The molecule has 0 saturated heterocycles. The summed E-state index contributed by atoms with van der Waals surface area (Å²) in [4.78, 5) is 15.4. The Hall–Kier alpha value is -1.62. The standard InChI is InChI=1S/C11H14N2O3/c1-16-8-2-3-13-9(4-8)11(10(14)15)5-7(12)6-11/h2-4,7H,5-6,12H2,1H3,(H,14,15). The van der Waals surface area contributed by atoms with Crippen molar-refractivity contribution in [3.63, 3.8) is 0 Å². The van der Waals surface area contributed by atoms with Crippen LogP contribution in [0.4, 0.5) is 0 Å². The van der Waals surface area contributed by atoms with Gasteiger partial charge in [0.2, 0.25) is 0 Å². The summed E-state index contributed by atoms with van der Waals surface area (Å²) >= 11 is 0. The molecule has 0 amide bonds. The minimum atomic E-state index is -0.923. The van der Waals surface area contributed by atoms with Crippen molar-refractivity contribution in [2.45, 2.75) is 24.3 Å². The fourth-order valence-corrected chi connectivity index (χ4v) is 2.13. The zero-order valence-electron chi connectivity index (χ0n) is 9.01. The number of aliphatic carboxylic acids is 1. The van der Waals surface area contributed by atoms with Crippen LogP contribution in [0.15, 0.2) is 18.3 Å². The Labute approximate surface area is 93.2 Å². The number of pyridine rings is 1. The number of nitrogens with two attached hydrogens (primary N) is 1. The molecule has 5 nitrogen and oxygen atoms in total. The van der Waals surface area contributed by atoms with Crippen LogP contribution < -0.4 is 10.5 Å². The third kappa shape index (κ3) is 1.53. The van der Waals surface area contributed by atoms with Crippen LogP contribution in [0.2, 0.25) is 0 Å². The van der Waals surface area contributed by atoms with E-state index in [-0.39, 0.29) is 6.04 Å². The highest BCUT2D eigenvalue weighted by atomic mass is 16.5. The van der Waals surface area contributed by atoms with E-state index in [4.69, 9.17) is 10.5 Å². The summed E-state index contributed by atoms with van der Waals surface area (Å²) in [6.45, 7) is 0. The topological polar surface area (TPSA) is 85.4 Å². The van der Waals surface area contributed by atoms with E-state index in [9.17, 15) is 9.90 Å². The number of carbonyl (C=O) groups is 1. The first-order valence-corrected chi connectivity index (χ1v) is 5.08. The van der Waals surface area contributed by atoms with Gasteiger partial charge in [0.15, 0.2) is 0 Å². The predicted molar refractivity (Wildman–Crippen MR) is 57.3 cm³/mol. The van der Waals surface area contributed by atoms with E-state index in [1.54, 1.807) is 25.4 Å². The van der Waals surface area contributed by atoms with Crippen molar-refractivity contribution in [2.24, 2.45) is 5.73 Å². The third-order valence-electron chi connectivity index (χ3n) is 3.09. The summed E-state index contributed by atoms with van der Waals surface area (Å²) in [7, 11) is 1.54. The maximum absolute atomic E-state index is 11.3. The fourth-order valence-electron chi connectivity index (χ4n) is 2.13. The van der Waals surface area contributed by atoms with E-state index < -0.39 is 11.4 Å². The Morgan fingerprint density at radius 3 is 2.88 bits per heavy atom. The molecule has 1 fully saturated rings. The van der Waals surface area contributed by atoms with E-state index in [0.717, 1.165) is 0 Å². The SMILES string of the molecule is COc1ccnc(C2(C(=O)O)CC(N)C2)c1. The molecular formula is C11H14N2O3. The van der Waals surface area contributed by atoms with Gasteiger partial charge in [-0.25, -0.2) is 0 Å². The maximum Gasteiger partial charge on any atom is 0.315 e. The van der Waals surface area contributed by atoms with Crippen molar-refractivity contribution < 1.29 is 14.6 Å². The van der Waals surface area contributed by atoms with Crippen LogP contribution in [-0.2, 0) is 10.2 Å². The lowest BCUT2D eigenvalue weighted by Crippen LogP contribution is -2.54. The predicted octanol–water partition coefficient (Wildman–Crippen LogP) is 0.534. The number of hydrogen-bond acceptors (Lipinski definition) is 4. The molecule has 1 aromatic rings. The quantitative estimate of drug-likeness (QED) is 0.779. The van der Waals surface area contributed by atoms with E-state index >= 15 is 0 Å². The van der Waals surface area contributed by atoms with Gasteiger partial charge >= 0.3 is 5.97 Å². The molecule has 0 radical (unpaired) electrons. The Kier molecular flexibility index (Phi) is 2.55. The highest BCUT2D eigenvalue weighted by Crippen LogP contribution is 2.43. The number of rotatable bonds is 3. The van der Waals surface area contributed by atoms with Gasteiger partial charge in [-0.05, 0) is 18.9 Å². The van der Waals surface area contributed by atoms with Gasteiger partial charge in [-0.1, -0.05) is 0 Å². The van der Waals surface area contributed by atoms with Gasteiger partial charge in [-0.15, -0.1) is 0 Å². The van der Waals surface area contributed by atoms with Gasteiger partial charge < -0.3 is 15.6 Å². The molecule has 86 valence electrons. The van der Waals surface area contributed by atoms with Gasteiger partial charge in [0.1, 0.15) is 11.2 Å². The summed E-state index contributed by atoms with van der Waals surface area (Å²) in [6.07, 6.45) is 2.42. The van der Waals surface area contributed by atoms with Gasteiger partial charge in [-0.2, -0.15) is 0 Å². The van der Waals surface area contributed by atoms with E-state index in [1.807, 2.05) is 0 Å². The number of aromatic nitrogens is 1. The maximum atomic E-state index is 11.3. The van der Waals surface area contributed by atoms with Crippen LogP contribution in [0, 0.1) is 0 Å². The van der Waals surface area contributed by atoms with Crippen molar-refractivity contribution in [2.75, 3.05) is 7.11 Å². The van der Waals surface area contributed by atoms with Crippen LogP contribution in [0.25, 0.3) is 0 Å². The number of ether oxygens (including phenoxy) is 1. The molecule has 1 aromatic heterocycles. The monoisotopic (exact) mass is 222 g/mol. The second kappa shape index (κ2) is 3.75. The first-order valence-electron chi connectivity index (χ1n) is 5.08. The first-order chi connectivity index (χ1) is 7.58. The van der Waals surface area contributed by atoms with E-state index in [0.29, 0.717) is 24.3 Å². The highest BCUT2D eigenvalue weighted by Gasteiger charge is 2.51. The average molecular weight is 222 g/mol. The second-order valence-electron chi connectivity index (χ2n) is 4.14. The number of carboxylic acid groups (broad SMARTS) is 1. The molecule has 0 bridgehead atoms. The Balaban J connectivity index is 2.37. The van der Waals surface area contributed by atoms with Gasteiger partial charge in [-0.3, -0.25) is 9.78 Å². The largest absolute Gasteiger partial charge is 0.497 e. The van der Waals surface area contributed by atoms with Gasteiger partial charge in [0, 0.05) is 18.3 Å². The zero-order valence-corrected chi connectivity index (χ0v) is 9.01. The van der Waals surface area contributed by atoms with Crippen LogP contribution in [0.1, 0.15) is 18.5 Å². The molecular weight excluding hydrogens is 208 g/mol. The molecule has 1 aliphatic carbocycles. The summed E-state index contributed by atoms with van der Waals surface area (Å²) in [5.41, 5.74) is 5.28. The molecule has 16 heavy (non-hydrogen) atoms. The molecule has 0 unspecified atom stereocenters. The first kappa shape index (κ1) is 10.9. The number of methoxy groups -OCH3 is 1.